The van der Waals surface area contributed by atoms with E-state index in [4.69, 9.17) is 4.74 Å². The molecule has 0 spiro atoms. The topological polar surface area (TPSA) is 107 Å². The van der Waals surface area contributed by atoms with Crippen molar-refractivity contribution in [1.82, 2.24) is 10.4 Å². The van der Waals surface area contributed by atoms with Crippen LogP contribution in [0.5, 0.6) is 5.75 Å². The molecule has 0 saturated carbocycles. The van der Waals surface area contributed by atoms with Crippen molar-refractivity contribution in [2.24, 2.45) is 5.10 Å². The molecule has 0 saturated heterocycles. The van der Waals surface area contributed by atoms with Gasteiger partial charge in [0, 0.05) is 33.8 Å². The minimum Gasteiger partial charge on any atom is -0.480 e. The molecule has 1 heterocycles. The van der Waals surface area contributed by atoms with E-state index in [0.717, 1.165) is 9.86 Å². The van der Waals surface area contributed by atoms with Crippen molar-refractivity contribution < 1.29 is 14.5 Å². The number of hydrogen-bond acceptors (Lipinski definition) is 6. The predicted molar refractivity (Wildman–Crippen MR) is 111 cm³/mol. The van der Waals surface area contributed by atoms with Gasteiger partial charge in [0.05, 0.1) is 15.6 Å². The molecule has 3 rings (SSSR count). The van der Waals surface area contributed by atoms with E-state index < -0.39 is 10.8 Å². The van der Waals surface area contributed by atoms with Crippen LogP contribution in [0.25, 0.3) is 10.9 Å². The Labute approximate surface area is 176 Å². The van der Waals surface area contributed by atoms with Crippen molar-refractivity contribution in [3.05, 3.63) is 73.3 Å². The number of non-ortho nitro benzene ring substituents is 1. The molecule has 0 aliphatic carbocycles. The Hall–Kier alpha value is -2.85. The number of carbonyl (C=O) groups excluding carboxylic acids is 1. The number of ether oxygens (including phenoxy) is 1. The fourth-order valence-electron chi connectivity index (χ4n) is 2.35. The lowest BCUT2D eigenvalue weighted by molar-refractivity contribution is -0.384. The number of aromatic nitrogens is 1. The molecule has 2 aromatic carbocycles. The van der Waals surface area contributed by atoms with E-state index in [-0.39, 0.29) is 12.3 Å². The number of hydrogen-bond donors (Lipinski definition) is 1. The lowest BCUT2D eigenvalue weighted by atomic mass is 10.2. The summed E-state index contributed by atoms with van der Waals surface area (Å²) in [5.74, 6) is -0.0443. The fourth-order valence-corrected chi connectivity index (χ4v) is 3.74. The standard InChI is InChI=1S/C18H12Br2N4O4/c19-14-8-15(20)18(17-13(14)5-2-6-21-17)28-10-16(25)23-22-9-11-3-1-4-12(7-11)24(26)27/h1-9H,10H2,(H,23,25)/b22-9+. The minimum absolute atomic E-state index is 0.0573. The van der Waals surface area contributed by atoms with E-state index in [9.17, 15) is 14.9 Å². The van der Waals surface area contributed by atoms with Gasteiger partial charge < -0.3 is 4.74 Å². The van der Waals surface area contributed by atoms with Crippen LogP contribution in [0, 0.1) is 10.1 Å². The van der Waals surface area contributed by atoms with Crippen molar-refractivity contribution in [2.75, 3.05) is 6.61 Å². The zero-order chi connectivity index (χ0) is 20.1. The number of nitro groups is 1. The maximum absolute atomic E-state index is 12.0. The number of halogens is 2. The zero-order valence-corrected chi connectivity index (χ0v) is 17.3. The SMILES string of the molecule is O=C(COc1c(Br)cc(Br)c2cccnc12)N/N=C/c1cccc([N+](=O)[O-])c1. The molecule has 8 nitrogen and oxygen atoms in total. The number of benzene rings is 2. The van der Waals surface area contributed by atoms with Gasteiger partial charge in [0.2, 0.25) is 0 Å². The molecule has 1 amide bonds. The number of nitrogens with one attached hydrogen (secondary N) is 1. The van der Waals surface area contributed by atoms with Crippen LogP contribution in [0.15, 0.2) is 62.7 Å². The number of rotatable bonds is 6. The summed E-state index contributed by atoms with van der Waals surface area (Å²) in [5.41, 5.74) is 3.36. The fraction of sp³-hybridized carbons (Fsp3) is 0.0556. The van der Waals surface area contributed by atoms with Crippen LogP contribution in [0.2, 0.25) is 0 Å². The summed E-state index contributed by atoms with van der Waals surface area (Å²) < 4.78 is 7.11. The third-order valence-corrected chi connectivity index (χ3v) is 4.83. The van der Waals surface area contributed by atoms with Gasteiger partial charge in [0.1, 0.15) is 5.52 Å². The first kappa shape index (κ1) is 19.9. The second kappa shape index (κ2) is 8.89. The van der Waals surface area contributed by atoms with Crippen LogP contribution < -0.4 is 10.2 Å². The number of pyridine rings is 1. The molecule has 142 valence electrons. The van der Waals surface area contributed by atoms with Gasteiger partial charge in [-0.15, -0.1) is 0 Å². The Balaban J connectivity index is 1.65. The van der Waals surface area contributed by atoms with E-state index >= 15 is 0 Å². The van der Waals surface area contributed by atoms with E-state index in [1.54, 1.807) is 18.3 Å². The lowest BCUT2D eigenvalue weighted by Gasteiger charge is -2.11. The minimum atomic E-state index is -0.502. The van der Waals surface area contributed by atoms with Gasteiger partial charge in [-0.25, -0.2) is 5.43 Å². The molecule has 0 aliphatic heterocycles. The van der Waals surface area contributed by atoms with Crippen molar-refractivity contribution >= 4 is 60.6 Å². The number of amides is 1. The summed E-state index contributed by atoms with van der Waals surface area (Å²) in [6, 6.07) is 11.4. The highest BCUT2D eigenvalue weighted by molar-refractivity contribution is 9.11. The summed E-state index contributed by atoms with van der Waals surface area (Å²) in [6.45, 7) is -0.280. The van der Waals surface area contributed by atoms with Gasteiger partial charge >= 0.3 is 0 Å². The van der Waals surface area contributed by atoms with E-state index in [1.807, 2.05) is 12.1 Å². The maximum Gasteiger partial charge on any atom is 0.277 e. The van der Waals surface area contributed by atoms with Gasteiger partial charge in [0.15, 0.2) is 12.4 Å². The second-order valence-electron chi connectivity index (χ2n) is 5.50. The molecule has 0 bridgehead atoms. The highest BCUT2D eigenvalue weighted by atomic mass is 79.9. The molecule has 1 N–H and O–H groups in total. The molecule has 3 aromatic rings. The number of fused-ring (bicyclic) bond motifs is 1. The molecule has 1 aromatic heterocycles. The summed E-state index contributed by atoms with van der Waals surface area (Å²) >= 11 is 6.87. The Morgan fingerprint density at radius 2 is 2.07 bits per heavy atom. The first-order valence-electron chi connectivity index (χ1n) is 7.87. The van der Waals surface area contributed by atoms with Crippen LogP contribution in [-0.2, 0) is 4.79 Å². The van der Waals surface area contributed by atoms with Gasteiger partial charge in [-0.1, -0.05) is 34.1 Å². The molecule has 28 heavy (non-hydrogen) atoms. The molecular formula is C18H12Br2N4O4. The number of hydrazone groups is 1. The van der Waals surface area contributed by atoms with E-state index in [2.05, 4.69) is 47.4 Å². The van der Waals surface area contributed by atoms with Crippen molar-refractivity contribution in [1.29, 1.82) is 0 Å². The largest absolute Gasteiger partial charge is 0.480 e. The molecule has 0 unspecified atom stereocenters. The molecule has 0 fully saturated rings. The van der Waals surface area contributed by atoms with Crippen LogP contribution in [0.4, 0.5) is 5.69 Å². The molecule has 0 radical (unpaired) electrons. The van der Waals surface area contributed by atoms with Gasteiger partial charge in [-0.3, -0.25) is 19.9 Å². The van der Waals surface area contributed by atoms with Gasteiger partial charge in [-0.05, 0) is 28.1 Å². The van der Waals surface area contributed by atoms with Crippen molar-refractivity contribution in [3.63, 3.8) is 0 Å². The average molecular weight is 508 g/mol. The smallest absolute Gasteiger partial charge is 0.277 e. The monoisotopic (exact) mass is 506 g/mol. The first-order chi connectivity index (χ1) is 13.5. The Morgan fingerprint density at radius 3 is 2.86 bits per heavy atom. The van der Waals surface area contributed by atoms with Crippen LogP contribution in [-0.4, -0.2) is 28.6 Å². The van der Waals surface area contributed by atoms with Crippen LogP contribution >= 0.6 is 31.9 Å². The van der Waals surface area contributed by atoms with Crippen LogP contribution in [0.3, 0.4) is 0 Å². The van der Waals surface area contributed by atoms with Crippen molar-refractivity contribution in [2.45, 2.75) is 0 Å². The predicted octanol–water partition coefficient (Wildman–Crippen LogP) is 4.20. The van der Waals surface area contributed by atoms with Gasteiger partial charge in [-0.2, -0.15) is 5.10 Å². The maximum atomic E-state index is 12.0. The summed E-state index contributed by atoms with van der Waals surface area (Å²) in [6.07, 6.45) is 2.95. The first-order valence-corrected chi connectivity index (χ1v) is 9.46. The quantitative estimate of drug-likeness (QED) is 0.305. The number of nitrogens with zero attached hydrogens (tertiary/aromatic N) is 3. The molecule has 0 aliphatic rings. The lowest BCUT2D eigenvalue weighted by Crippen LogP contribution is -2.24. The zero-order valence-electron chi connectivity index (χ0n) is 14.1. The Morgan fingerprint density at radius 1 is 1.25 bits per heavy atom. The average Bonchev–Trinajstić information content (AvgIpc) is 2.68. The molecular weight excluding hydrogens is 496 g/mol. The highest BCUT2D eigenvalue weighted by Gasteiger charge is 2.13. The van der Waals surface area contributed by atoms with Crippen LogP contribution in [0.1, 0.15) is 5.56 Å². The second-order valence-corrected chi connectivity index (χ2v) is 7.21. The third-order valence-electron chi connectivity index (χ3n) is 3.58. The summed E-state index contributed by atoms with van der Waals surface area (Å²) in [4.78, 5) is 26.6. The third kappa shape index (κ3) is 4.70. The summed E-state index contributed by atoms with van der Waals surface area (Å²) in [7, 11) is 0. The summed E-state index contributed by atoms with van der Waals surface area (Å²) in [5, 5.41) is 15.4. The Bertz CT molecular complexity index is 1090. The van der Waals surface area contributed by atoms with Gasteiger partial charge in [0.25, 0.3) is 11.6 Å². The van der Waals surface area contributed by atoms with E-state index in [1.165, 1.54) is 24.4 Å². The molecule has 0 atom stereocenters. The normalized spacial score (nSPS) is 10.9. The molecule has 10 heteroatoms. The Kier molecular flexibility index (Phi) is 6.32. The van der Waals surface area contributed by atoms with E-state index in [0.29, 0.717) is 21.3 Å². The highest BCUT2D eigenvalue weighted by Crippen LogP contribution is 2.37. The number of nitro benzene ring substituents is 1. The number of carbonyl (C=O) groups is 1. The van der Waals surface area contributed by atoms with Crippen molar-refractivity contribution in [3.8, 4) is 5.75 Å².